The zero-order valence-electron chi connectivity index (χ0n) is 12.3. The Bertz CT molecular complexity index is 816. The molecule has 0 spiro atoms. The molecule has 1 aliphatic carbocycles. The number of H-pyrrole nitrogens is 1. The molecule has 23 heavy (non-hydrogen) atoms. The molecule has 0 aliphatic heterocycles. The third-order valence-electron chi connectivity index (χ3n) is 3.75. The largest absolute Gasteiger partial charge is 0.333 e. The number of aromatic nitrogens is 2. The third kappa shape index (κ3) is 3.92. The van der Waals surface area contributed by atoms with Gasteiger partial charge in [-0.3, -0.25) is 4.79 Å². The fourth-order valence-electron chi connectivity index (χ4n) is 2.58. The van der Waals surface area contributed by atoms with Crippen molar-refractivity contribution in [2.75, 3.05) is 5.75 Å². The van der Waals surface area contributed by atoms with Gasteiger partial charge in [0.05, 0.1) is 21.8 Å². The van der Waals surface area contributed by atoms with Gasteiger partial charge in [0.15, 0.2) is 5.16 Å². The molecule has 2 aromatic rings. The van der Waals surface area contributed by atoms with Crippen LogP contribution in [0.3, 0.4) is 0 Å². The number of amides is 1. The van der Waals surface area contributed by atoms with Crippen molar-refractivity contribution in [1.82, 2.24) is 9.97 Å². The van der Waals surface area contributed by atoms with E-state index in [4.69, 9.17) is 11.6 Å². The van der Waals surface area contributed by atoms with Crippen molar-refractivity contribution in [2.24, 2.45) is 11.1 Å². The smallest absolute Gasteiger partial charge is 0.296 e. The van der Waals surface area contributed by atoms with Crippen LogP contribution in [0.25, 0.3) is 11.0 Å². The van der Waals surface area contributed by atoms with Gasteiger partial charge in [-0.25, -0.2) is 4.98 Å². The number of nitrogens with zero attached hydrogens (tertiary/aromatic N) is 2. The number of rotatable bonds is 3. The highest BCUT2D eigenvalue weighted by Gasteiger charge is 2.12. The Balaban J connectivity index is 1.82. The quantitative estimate of drug-likeness (QED) is 0.514. The summed E-state index contributed by atoms with van der Waals surface area (Å²) in [6, 6.07) is 3.63. The molecule has 1 N–H and O–H groups in total. The highest BCUT2D eigenvalue weighted by molar-refractivity contribution is 7.99. The number of nitroso groups, excluding NO2 is 1. The maximum atomic E-state index is 10.9. The molecule has 1 fully saturated rings. The normalized spacial score (nSPS) is 14.7. The molecule has 0 unspecified atom stereocenters. The number of imidazole rings is 1. The Morgan fingerprint density at radius 3 is 2.96 bits per heavy atom. The third-order valence-corrected chi connectivity index (χ3v) is 4.92. The lowest BCUT2D eigenvalue weighted by atomic mass is 10.1. The summed E-state index contributed by atoms with van der Waals surface area (Å²) < 4.78 is 0. The van der Waals surface area contributed by atoms with E-state index < -0.39 is 5.91 Å². The van der Waals surface area contributed by atoms with Crippen LogP contribution < -0.4 is 0 Å². The lowest BCUT2D eigenvalue weighted by Crippen LogP contribution is -1.95. The minimum absolute atomic E-state index is 0.0363. The second-order valence-corrected chi connectivity index (χ2v) is 6.79. The van der Waals surface area contributed by atoms with E-state index in [-0.39, 0.29) is 5.75 Å². The molecule has 0 saturated heterocycles. The van der Waals surface area contributed by atoms with Crippen molar-refractivity contribution < 1.29 is 4.79 Å². The SMILES string of the molecule is O=NC(=O)CSc1nc2cc(C#CC3CCCC3)c(Cl)cc2[nH]1. The van der Waals surface area contributed by atoms with Crippen molar-refractivity contribution in [3.05, 3.63) is 27.6 Å². The number of nitrogens with one attached hydrogen (secondary N) is 1. The summed E-state index contributed by atoms with van der Waals surface area (Å²) in [6.07, 6.45) is 4.82. The van der Waals surface area contributed by atoms with Crippen LogP contribution in [-0.4, -0.2) is 21.6 Å². The van der Waals surface area contributed by atoms with Gasteiger partial charge in [0.2, 0.25) is 0 Å². The number of hydrogen-bond donors (Lipinski definition) is 1. The van der Waals surface area contributed by atoms with Crippen molar-refractivity contribution >= 4 is 40.3 Å². The van der Waals surface area contributed by atoms with Gasteiger partial charge in [0.1, 0.15) is 0 Å². The molecule has 1 heterocycles. The zero-order chi connectivity index (χ0) is 16.2. The van der Waals surface area contributed by atoms with E-state index in [9.17, 15) is 9.70 Å². The first-order valence-electron chi connectivity index (χ1n) is 7.35. The number of fused-ring (bicyclic) bond motifs is 1. The van der Waals surface area contributed by atoms with Crippen LogP contribution in [0.5, 0.6) is 0 Å². The first kappa shape index (κ1) is 16.0. The number of carbonyl (C=O) groups is 1. The Hall–Kier alpha value is -1.84. The predicted molar refractivity (Wildman–Crippen MR) is 91.5 cm³/mol. The molecule has 0 atom stereocenters. The average molecular weight is 348 g/mol. The molecule has 1 aromatic carbocycles. The first-order chi connectivity index (χ1) is 11.2. The van der Waals surface area contributed by atoms with Crippen LogP contribution in [0, 0.1) is 22.7 Å². The molecule has 7 heteroatoms. The number of aromatic amines is 1. The van der Waals surface area contributed by atoms with Crippen LogP contribution in [0.1, 0.15) is 31.2 Å². The van der Waals surface area contributed by atoms with E-state index in [1.54, 1.807) is 6.07 Å². The number of hydrogen-bond acceptors (Lipinski definition) is 4. The fourth-order valence-corrected chi connectivity index (χ4v) is 3.45. The van der Waals surface area contributed by atoms with Gasteiger partial charge in [0.25, 0.3) is 5.91 Å². The van der Waals surface area contributed by atoms with E-state index in [0.29, 0.717) is 16.1 Å². The molecule has 3 rings (SSSR count). The van der Waals surface area contributed by atoms with Crippen LogP contribution >= 0.6 is 23.4 Å². The number of carbonyl (C=O) groups excluding carboxylic acids is 1. The lowest BCUT2D eigenvalue weighted by molar-refractivity contribution is -0.115. The van der Waals surface area contributed by atoms with E-state index in [1.165, 1.54) is 12.8 Å². The Labute approximate surface area is 142 Å². The monoisotopic (exact) mass is 347 g/mol. The van der Waals surface area contributed by atoms with Gasteiger partial charge < -0.3 is 4.98 Å². The summed E-state index contributed by atoms with van der Waals surface area (Å²) >= 11 is 7.42. The standard InChI is InChI=1S/C16H14ClN3O2S/c17-12-8-14-13(18-16(19-14)23-9-15(21)20-22)7-11(12)6-5-10-3-1-2-4-10/h7-8,10H,1-4,9H2,(H,18,19). The van der Waals surface area contributed by atoms with E-state index in [2.05, 4.69) is 27.0 Å². The number of benzene rings is 1. The van der Waals surface area contributed by atoms with Gasteiger partial charge in [-0.15, -0.1) is 4.91 Å². The molecular weight excluding hydrogens is 334 g/mol. The highest BCUT2D eigenvalue weighted by Crippen LogP contribution is 2.27. The van der Waals surface area contributed by atoms with Crippen LogP contribution in [0.2, 0.25) is 5.02 Å². The molecule has 0 bridgehead atoms. The summed E-state index contributed by atoms with van der Waals surface area (Å²) in [7, 11) is 0. The summed E-state index contributed by atoms with van der Waals surface area (Å²) in [4.78, 5) is 28.5. The second kappa shape index (κ2) is 7.16. The molecular formula is C16H14ClN3O2S. The highest BCUT2D eigenvalue weighted by atomic mass is 35.5. The Morgan fingerprint density at radius 1 is 1.43 bits per heavy atom. The number of halogens is 1. The minimum Gasteiger partial charge on any atom is -0.333 e. The van der Waals surface area contributed by atoms with Crippen molar-refractivity contribution in [2.45, 2.75) is 30.8 Å². The second-order valence-electron chi connectivity index (χ2n) is 5.42. The maximum absolute atomic E-state index is 10.9. The van der Waals surface area contributed by atoms with Crippen molar-refractivity contribution in [1.29, 1.82) is 0 Å². The molecule has 1 aliphatic rings. The Kier molecular flexibility index (Phi) is 4.99. The number of thioether (sulfide) groups is 1. The molecule has 1 amide bonds. The van der Waals surface area contributed by atoms with Gasteiger partial charge in [-0.1, -0.05) is 48.0 Å². The average Bonchev–Trinajstić information content (AvgIpc) is 3.19. The van der Waals surface area contributed by atoms with Crippen molar-refractivity contribution in [3.63, 3.8) is 0 Å². The lowest BCUT2D eigenvalue weighted by Gasteiger charge is -1.98. The summed E-state index contributed by atoms with van der Waals surface area (Å²) in [5.74, 6) is 6.17. The van der Waals surface area contributed by atoms with E-state index >= 15 is 0 Å². The first-order valence-corrected chi connectivity index (χ1v) is 8.72. The van der Waals surface area contributed by atoms with E-state index in [1.807, 2.05) is 6.07 Å². The van der Waals surface area contributed by atoms with Gasteiger partial charge in [0, 0.05) is 16.7 Å². The topological polar surface area (TPSA) is 75.2 Å². The molecule has 5 nitrogen and oxygen atoms in total. The summed E-state index contributed by atoms with van der Waals surface area (Å²) in [5, 5.41) is 3.48. The fraction of sp³-hybridized carbons (Fsp3) is 0.375. The summed E-state index contributed by atoms with van der Waals surface area (Å²) in [6.45, 7) is 0. The van der Waals surface area contributed by atoms with Gasteiger partial charge in [-0.05, 0) is 25.0 Å². The van der Waals surface area contributed by atoms with Crippen LogP contribution in [0.15, 0.2) is 22.5 Å². The van der Waals surface area contributed by atoms with E-state index in [0.717, 1.165) is 41.2 Å². The van der Waals surface area contributed by atoms with Crippen LogP contribution in [-0.2, 0) is 4.79 Å². The van der Waals surface area contributed by atoms with Crippen molar-refractivity contribution in [3.8, 4) is 11.8 Å². The molecule has 118 valence electrons. The van der Waals surface area contributed by atoms with Gasteiger partial charge >= 0.3 is 0 Å². The summed E-state index contributed by atoms with van der Waals surface area (Å²) in [5.41, 5.74) is 2.27. The Morgan fingerprint density at radius 2 is 2.22 bits per heavy atom. The van der Waals surface area contributed by atoms with Gasteiger partial charge in [-0.2, -0.15) is 0 Å². The molecule has 1 aromatic heterocycles. The maximum Gasteiger partial charge on any atom is 0.296 e. The molecule has 1 saturated carbocycles. The minimum atomic E-state index is -0.711. The molecule has 0 radical (unpaired) electrons. The van der Waals surface area contributed by atoms with Crippen LogP contribution in [0.4, 0.5) is 0 Å². The zero-order valence-corrected chi connectivity index (χ0v) is 13.8. The predicted octanol–water partition coefficient (Wildman–Crippen LogP) is 4.14.